The summed E-state index contributed by atoms with van der Waals surface area (Å²) in [6.45, 7) is 5.53. The van der Waals surface area contributed by atoms with Crippen LogP contribution in [0, 0.1) is 0 Å². The van der Waals surface area contributed by atoms with Gasteiger partial charge in [-0.1, -0.05) is 170 Å². The molecule has 9 aromatic rings. The highest BCUT2D eigenvalue weighted by atomic mass is 15.1. The van der Waals surface area contributed by atoms with E-state index >= 15 is 0 Å². The summed E-state index contributed by atoms with van der Waals surface area (Å²) in [7, 11) is 0. The summed E-state index contributed by atoms with van der Waals surface area (Å²) in [5.41, 5.74) is 21.6. The number of nitrogens with zero attached hydrogens (tertiary/aromatic N) is 2. The number of allylic oxidation sites excluding steroid dienone is 3. The van der Waals surface area contributed by atoms with Crippen LogP contribution in [0.3, 0.4) is 0 Å². The van der Waals surface area contributed by atoms with E-state index in [-0.39, 0.29) is 0 Å². The van der Waals surface area contributed by atoms with Gasteiger partial charge < -0.3 is 9.47 Å². The molecule has 0 spiro atoms. The molecular formula is C60H46N2. The average molecular weight is 795 g/mol. The number of hydrogen-bond acceptors (Lipinski definition) is 1. The van der Waals surface area contributed by atoms with Gasteiger partial charge in [-0.05, 0) is 135 Å². The van der Waals surface area contributed by atoms with Gasteiger partial charge in [0.1, 0.15) is 0 Å². The molecule has 1 aliphatic carbocycles. The fourth-order valence-corrected chi connectivity index (χ4v) is 9.58. The van der Waals surface area contributed by atoms with Gasteiger partial charge in [0.25, 0.3) is 0 Å². The van der Waals surface area contributed by atoms with Crippen molar-refractivity contribution in [1.29, 1.82) is 0 Å². The molecule has 0 saturated carbocycles. The predicted octanol–water partition coefficient (Wildman–Crippen LogP) is 16.0. The van der Waals surface area contributed by atoms with Crippen LogP contribution in [0.4, 0.5) is 11.4 Å². The van der Waals surface area contributed by atoms with Gasteiger partial charge >= 0.3 is 0 Å². The molecule has 0 amide bonds. The Bertz CT molecular complexity index is 3050. The normalized spacial score (nSPS) is 13.9. The first-order valence-electron chi connectivity index (χ1n) is 21.8. The predicted molar refractivity (Wildman–Crippen MR) is 264 cm³/mol. The molecule has 0 bridgehead atoms. The second kappa shape index (κ2) is 16.1. The molecule has 62 heavy (non-hydrogen) atoms. The quantitative estimate of drug-likeness (QED) is 0.156. The summed E-state index contributed by atoms with van der Waals surface area (Å²) in [6.07, 6.45) is 12.1. The van der Waals surface area contributed by atoms with E-state index in [1.54, 1.807) is 0 Å². The molecule has 0 unspecified atom stereocenters. The Morgan fingerprint density at radius 2 is 0.935 bits per heavy atom. The molecule has 1 aliphatic heterocycles. The van der Waals surface area contributed by atoms with Crippen molar-refractivity contribution in [3.05, 3.63) is 236 Å². The first kappa shape index (κ1) is 37.3. The van der Waals surface area contributed by atoms with Crippen LogP contribution < -0.4 is 4.90 Å². The summed E-state index contributed by atoms with van der Waals surface area (Å²) in [5, 5.41) is 1.31. The lowest BCUT2D eigenvalue weighted by molar-refractivity contribution is 0.936. The summed E-state index contributed by atoms with van der Waals surface area (Å²) in [6, 6.07) is 71.1. The fraction of sp³-hybridized carbons (Fsp3) is 0.0667. The number of hydrogen-bond donors (Lipinski definition) is 0. The van der Waals surface area contributed by atoms with E-state index in [9.17, 15) is 0 Å². The van der Waals surface area contributed by atoms with Gasteiger partial charge in [0.05, 0.1) is 5.52 Å². The van der Waals surface area contributed by atoms with Crippen LogP contribution in [-0.2, 0) is 6.42 Å². The van der Waals surface area contributed by atoms with Crippen molar-refractivity contribution in [1.82, 2.24) is 4.57 Å². The Labute approximate surface area is 364 Å². The summed E-state index contributed by atoms with van der Waals surface area (Å²) in [5.74, 6) is 0. The Balaban J connectivity index is 1.10. The SMILES string of the molecule is C=C1/C=C\CCN(c2cc(-c3ccccc3)cc(-c3ccccc3)c2)c2ccc(-c3cccc4c5c(n(-c6cc(-c7ccccc7)cc(-c7ccccc7)c6)c34)C=CCC5)cc21. The third-order valence-electron chi connectivity index (χ3n) is 12.6. The van der Waals surface area contributed by atoms with Crippen LogP contribution in [0.5, 0.6) is 0 Å². The number of para-hydroxylation sites is 1. The maximum absolute atomic E-state index is 4.68. The molecule has 1 aromatic heterocycles. The Kier molecular flexibility index (Phi) is 9.67. The molecule has 0 fully saturated rings. The van der Waals surface area contributed by atoms with Gasteiger partial charge in [-0.25, -0.2) is 0 Å². The number of benzene rings is 8. The van der Waals surface area contributed by atoms with Gasteiger partial charge in [0, 0.05) is 45.8 Å². The number of rotatable bonds is 7. The van der Waals surface area contributed by atoms with Gasteiger partial charge in [-0.3, -0.25) is 0 Å². The second-order valence-electron chi connectivity index (χ2n) is 16.4. The van der Waals surface area contributed by atoms with Crippen LogP contribution >= 0.6 is 0 Å². The monoisotopic (exact) mass is 794 g/mol. The maximum Gasteiger partial charge on any atom is 0.0616 e. The van der Waals surface area contributed by atoms with E-state index in [1.165, 1.54) is 89.2 Å². The van der Waals surface area contributed by atoms with Crippen LogP contribution in [0.2, 0.25) is 0 Å². The van der Waals surface area contributed by atoms with E-state index in [4.69, 9.17) is 0 Å². The molecule has 0 saturated heterocycles. The minimum absolute atomic E-state index is 0.849. The van der Waals surface area contributed by atoms with E-state index in [0.29, 0.717) is 0 Å². The number of aryl methyl sites for hydroxylation is 1. The lowest BCUT2D eigenvalue weighted by atomic mass is 9.93. The summed E-state index contributed by atoms with van der Waals surface area (Å²) in [4.78, 5) is 2.50. The van der Waals surface area contributed by atoms with Crippen LogP contribution in [-0.4, -0.2) is 11.1 Å². The average Bonchev–Trinajstić information content (AvgIpc) is 3.69. The minimum atomic E-state index is 0.849. The van der Waals surface area contributed by atoms with E-state index < -0.39 is 0 Å². The highest BCUT2D eigenvalue weighted by Crippen LogP contribution is 2.44. The third-order valence-corrected chi connectivity index (χ3v) is 12.6. The lowest BCUT2D eigenvalue weighted by Gasteiger charge is -2.30. The van der Waals surface area contributed by atoms with Crippen molar-refractivity contribution >= 4 is 33.9 Å². The van der Waals surface area contributed by atoms with E-state index in [0.717, 1.165) is 42.6 Å². The van der Waals surface area contributed by atoms with E-state index in [2.05, 4.69) is 234 Å². The van der Waals surface area contributed by atoms with Crippen LogP contribution in [0.25, 0.3) is 83.9 Å². The van der Waals surface area contributed by atoms with Gasteiger partial charge in [-0.15, -0.1) is 0 Å². The van der Waals surface area contributed by atoms with Crippen molar-refractivity contribution in [2.24, 2.45) is 0 Å². The number of fused-ring (bicyclic) bond motifs is 4. The van der Waals surface area contributed by atoms with Gasteiger partial charge in [0.15, 0.2) is 0 Å². The minimum Gasteiger partial charge on any atom is -0.341 e. The largest absolute Gasteiger partial charge is 0.341 e. The molecule has 2 aliphatic rings. The van der Waals surface area contributed by atoms with Crippen molar-refractivity contribution in [2.75, 3.05) is 11.4 Å². The topological polar surface area (TPSA) is 8.17 Å². The molecule has 11 rings (SSSR count). The van der Waals surface area contributed by atoms with Gasteiger partial charge in [0.2, 0.25) is 0 Å². The summed E-state index contributed by atoms with van der Waals surface area (Å²) >= 11 is 0. The molecule has 0 atom stereocenters. The molecule has 2 nitrogen and oxygen atoms in total. The summed E-state index contributed by atoms with van der Waals surface area (Å²) < 4.78 is 2.53. The first-order chi connectivity index (χ1) is 30.7. The fourth-order valence-electron chi connectivity index (χ4n) is 9.58. The van der Waals surface area contributed by atoms with Crippen LogP contribution in [0.15, 0.2) is 219 Å². The number of anilines is 2. The molecule has 0 N–H and O–H groups in total. The molecule has 0 radical (unpaired) electrons. The molecule has 2 heteroatoms. The standard InChI is InChI=1S/C60H46N2/c1-42-19-16-17-34-61(52-37-48(43-20-6-2-7-21-43)35-49(38-52)44-22-8-3-9-23-44)58-33-32-47(41-57(42)58)54-29-18-30-56-55-28-14-15-31-59(55)62(60(54)56)53-39-50(45-24-10-4-11-25-45)36-51(40-53)46-26-12-5-13-27-46/h2-13,15-16,18-27,29-33,35-41H,1,14,17,28,34H2/b19-16-. The zero-order valence-corrected chi connectivity index (χ0v) is 34.7. The van der Waals surface area contributed by atoms with E-state index in [1.807, 2.05) is 0 Å². The maximum atomic E-state index is 4.68. The third kappa shape index (κ3) is 6.90. The molecule has 8 aromatic carbocycles. The van der Waals surface area contributed by atoms with Crippen molar-refractivity contribution < 1.29 is 0 Å². The highest BCUT2D eigenvalue weighted by molar-refractivity contribution is 6.02. The van der Waals surface area contributed by atoms with Crippen LogP contribution in [0.1, 0.15) is 29.7 Å². The molecular weight excluding hydrogens is 749 g/mol. The smallest absolute Gasteiger partial charge is 0.0616 e. The van der Waals surface area contributed by atoms with Crippen molar-refractivity contribution in [3.8, 4) is 61.3 Å². The Morgan fingerprint density at radius 3 is 1.50 bits per heavy atom. The zero-order valence-electron chi connectivity index (χ0n) is 34.7. The lowest BCUT2D eigenvalue weighted by Crippen LogP contribution is -2.20. The number of aromatic nitrogens is 1. The Morgan fingerprint density at radius 1 is 0.403 bits per heavy atom. The second-order valence-corrected chi connectivity index (χ2v) is 16.4. The zero-order chi connectivity index (χ0) is 41.4. The van der Waals surface area contributed by atoms with Crippen molar-refractivity contribution in [2.45, 2.75) is 19.3 Å². The first-order valence-corrected chi connectivity index (χ1v) is 21.8. The van der Waals surface area contributed by atoms with Gasteiger partial charge in [-0.2, -0.15) is 0 Å². The molecule has 2 heterocycles. The van der Waals surface area contributed by atoms with Crippen molar-refractivity contribution in [3.63, 3.8) is 0 Å². The molecule has 296 valence electrons. The Hall–Kier alpha value is -7.68. The highest BCUT2D eigenvalue weighted by Gasteiger charge is 2.24.